The highest BCUT2D eigenvalue weighted by molar-refractivity contribution is 5.37. The average Bonchev–Trinajstić information content (AvgIpc) is 2.48. The summed E-state index contributed by atoms with van der Waals surface area (Å²) in [5, 5.41) is 3.52. The molecule has 20 heavy (non-hydrogen) atoms. The Labute approximate surface area is 122 Å². The Morgan fingerprint density at radius 2 is 2.30 bits per heavy atom. The maximum absolute atomic E-state index is 6.06. The molecule has 1 aromatic carbocycles. The van der Waals surface area contributed by atoms with Crippen LogP contribution in [-0.4, -0.2) is 25.9 Å². The molecular formula is C17H27NO2. The zero-order valence-corrected chi connectivity index (χ0v) is 12.9. The lowest BCUT2D eigenvalue weighted by atomic mass is 10.0. The molecule has 0 aromatic heterocycles. The quantitative estimate of drug-likeness (QED) is 0.861. The molecule has 1 fully saturated rings. The molecule has 3 nitrogen and oxygen atoms in total. The van der Waals surface area contributed by atoms with Crippen LogP contribution in [0.15, 0.2) is 18.2 Å². The Balaban J connectivity index is 1.97. The minimum absolute atomic E-state index is 0.212. The van der Waals surface area contributed by atoms with Gasteiger partial charge in [-0.2, -0.15) is 0 Å². The van der Waals surface area contributed by atoms with Crippen molar-refractivity contribution in [3.8, 4) is 5.75 Å². The third-order valence-corrected chi connectivity index (χ3v) is 3.81. The van der Waals surface area contributed by atoms with Crippen LogP contribution in [0.25, 0.3) is 0 Å². The van der Waals surface area contributed by atoms with Gasteiger partial charge in [-0.05, 0) is 56.8 Å². The van der Waals surface area contributed by atoms with Crippen molar-refractivity contribution in [3.63, 3.8) is 0 Å². The number of hydrogen-bond donors (Lipinski definition) is 1. The van der Waals surface area contributed by atoms with E-state index < -0.39 is 0 Å². The standard InChI is InChI=1S/C17H27NO2/c1-4-9-18-14(3)15-7-8-17(13(2)11-15)20-16-6-5-10-19-12-16/h7-8,11,14,16,18H,4-6,9-10,12H2,1-3H3. The van der Waals surface area contributed by atoms with Crippen molar-refractivity contribution in [1.82, 2.24) is 5.32 Å². The summed E-state index contributed by atoms with van der Waals surface area (Å²) in [6, 6.07) is 6.88. The van der Waals surface area contributed by atoms with Crippen molar-refractivity contribution in [2.24, 2.45) is 0 Å². The summed E-state index contributed by atoms with van der Waals surface area (Å²) < 4.78 is 11.5. The molecule has 0 bridgehead atoms. The van der Waals surface area contributed by atoms with Crippen LogP contribution >= 0.6 is 0 Å². The summed E-state index contributed by atoms with van der Waals surface area (Å²) in [4.78, 5) is 0. The lowest BCUT2D eigenvalue weighted by Crippen LogP contribution is -2.28. The molecule has 0 aliphatic carbocycles. The van der Waals surface area contributed by atoms with Crippen LogP contribution in [0.3, 0.4) is 0 Å². The van der Waals surface area contributed by atoms with E-state index in [4.69, 9.17) is 9.47 Å². The molecule has 0 spiro atoms. The Morgan fingerprint density at radius 1 is 1.45 bits per heavy atom. The molecule has 0 amide bonds. The van der Waals surface area contributed by atoms with Gasteiger partial charge in [-0.25, -0.2) is 0 Å². The number of ether oxygens (including phenoxy) is 2. The van der Waals surface area contributed by atoms with Gasteiger partial charge in [0, 0.05) is 12.6 Å². The fraction of sp³-hybridized carbons (Fsp3) is 0.647. The molecule has 2 atom stereocenters. The maximum atomic E-state index is 6.06. The third-order valence-electron chi connectivity index (χ3n) is 3.81. The third kappa shape index (κ3) is 4.22. The molecule has 1 aliphatic rings. The van der Waals surface area contributed by atoms with Crippen LogP contribution in [0.4, 0.5) is 0 Å². The van der Waals surface area contributed by atoms with E-state index in [-0.39, 0.29) is 6.10 Å². The van der Waals surface area contributed by atoms with Crippen LogP contribution in [0, 0.1) is 6.92 Å². The topological polar surface area (TPSA) is 30.5 Å². The zero-order chi connectivity index (χ0) is 14.4. The van der Waals surface area contributed by atoms with E-state index in [2.05, 4.69) is 44.3 Å². The first kappa shape index (κ1) is 15.3. The number of benzene rings is 1. The van der Waals surface area contributed by atoms with Gasteiger partial charge >= 0.3 is 0 Å². The van der Waals surface area contributed by atoms with Gasteiger partial charge in [-0.15, -0.1) is 0 Å². The number of rotatable bonds is 6. The number of nitrogens with one attached hydrogen (secondary N) is 1. The fourth-order valence-corrected chi connectivity index (χ4v) is 2.54. The van der Waals surface area contributed by atoms with E-state index in [1.807, 2.05) is 0 Å². The lowest BCUT2D eigenvalue weighted by Gasteiger charge is -2.24. The van der Waals surface area contributed by atoms with E-state index in [0.717, 1.165) is 44.8 Å². The Bertz CT molecular complexity index is 413. The van der Waals surface area contributed by atoms with E-state index in [1.54, 1.807) is 0 Å². The first-order valence-corrected chi connectivity index (χ1v) is 7.79. The van der Waals surface area contributed by atoms with Crippen LogP contribution in [0.1, 0.15) is 50.3 Å². The Hall–Kier alpha value is -1.06. The molecule has 1 aromatic rings. The SMILES string of the molecule is CCCNC(C)c1ccc(OC2CCCOC2)c(C)c1. The van der Waals surface area contributed by atoms with Crippen molar-refractivity contribution >= 4 is 0 Å². The van der Waals surface area contributed by atoms with E-state index >= 15 is 0 Å². The van der Waals surface area contributed by atoms with Gasteiger partial charge in [0.25, 0.3) is 0 Å². The zero-order valence-electron chi connectivity index (χ0n) is 12.9. The molecule has 3 heteroatoms. The van der Waals surface area contributed by atoms with Crippen molar-refractivity contribution in [2.45, 2.75) is 52.2 Å². The molecular weight excluding hydrogens is 250 g/mol. The van der Waals surface area contributed by atoms with Crippen LogP contribution in [0.5, 0.6) is 5.75 Å². The normalized spacial score (nSPS) is 20.6. The van der Waals surface area contributed by atoms with Crippen molar-refractivity contribution in [2.75, 3.05) is 19.8 Å². The van der Waals surface area contributed by atoms with E-state index in [9.17, 15) is 0 Å². The monoisotopic (exact) mass is 277 g/mol. The number of aryl methyl sites for hydroxylation is 1. The molecule has 0 saturated carbocycles. The Kier molecular flexibility index (Phi) is 5.86. The summed E-state index contributed by atoms with van der Waals surface area (Å²) in [5.41, 5.74) is 2.53. The van der Waals surface area contributed by atoms with Crippen LogP contribution < -0.4 is 10.1 Å². The summed E-state index contributed by atoms with van der Waals surface area (Å²) in [5.74, 6) is 0.993. The Morgan fingerprint density at radius 3 is 2.95 bits per heavy atom. The van der Waals surface area contributed by atoms with Gasteiger partial charge in [-0.1, -0.05) is 19.1 Å². The molecule has 112 valence electrons. The predicted molar refractivity (Wildman–Crippen MR) is 82.4 cm³/mol. The summed E-state index contributed by atoms with van der Waals surface area (Å²) in [6.07, 6.45) is 3.56. The van der Waals surface area contributed by atoms with Crippen molar-refractivity contribution in [3.05, 3.63) is 29.3 Å². The van der Waals surface area contributed by atoms with Crippen LogP contribution in [0.2, 0.25) is 0 Å². The van der Waals surface area contributed by atoms with Gasteiger partial charge in [0.2, 0.25) is 0 Å². The average molecular weight is 277 g/mol. The minimum Gasteiger partial charge on any atom is -0.488 e. The molecule has 1 saturated heterocycles. The maximum Gasteiger partial charge on any atom is 0.122 e. The molecule has 1 N–H and O–H groups in total. The van der Waals surface area contributed by atoms with Crippen LogP contribution in [-0.2, 0) is 4.74 Å². The van der Waals surface area contributed by atoms with Crippen molar-refractivity contribution < 1.29 is 9.47 Å². The van der Waals surface area contributed by atoms with Gasteiger partial charge in [0.1, 0.15) is 11.9 Å². The fourth-order valence-electron chi connectivity index (χ4n) is 2.54. The van der Waals surface area contributed by atoms with Gasteiger partial charge in [0.05, 0.1) is 6.61 Å². The molecule has 0 radical (unpaired) electrons. The summed E-state index contributed by atoms with van der Waals surface area (Å²) >= 11 is 0. The van der Waals surface area contributed by atoms with Crippen molar-refractivity contribution in [1.29, 1.82) is 0 Å². The second kappa shape index (κ2) is 7.65. The molecule has 1 aliphatic heterocycles. The summed E-state index contributed by atoms with van der Waals surface area (Å²) in [7, 11) is 0. The molecule has 1 heterocycles. The highest BCUT2D eigenvalue weighted by Gasteiger charge is 2.16. The van der Waals surface area contributed by atoms with E-state index in [1.165, 1.54) is 11.1 Å². The molecule has 2 unspecified atom stereocenters. The van der Waals surface area contributed by atoms with E-state index in [0.29, 0.717) is 6.04 Å². The second-order valence-electron chi connectivity index (χ2n) is 5.66. The smallest absolute Gasteiger partial charge is 0.122 e. The largest absolute Gasteiger partial charge is 0.488 e. The highest BCUT2D eigenvalue weighted by Crippen LogP contribution is 2.25. The first-order valence-electron chi connectivity index (χ1n) is 7.79. The lowest BCUT2D eigenvalue weighted by molar-refractivity contribution is 0.00714. The van der Waals surface area contributed by atoms with Gasteiger partial charge in [-0.3, -0.25) is 0 Å². The minimum atomic E-state index is 0.212. The molecule has 2 rings (SSSR count). The highest BCUT2D eigenvalue weighted by atomic mass is 16.5. The van der Waals surface area contributed by atoms with Gasteiger partial charge in [0.15, 0.2) is 0 Å². The summed E-state index contributed by atoms with van der Waals surface area (Å²) in [6.45, 7) is 9.16. The second-order valence-corrected chi connectivity index (χ2v) is 5.66. The first-order chi connectivity index (χ1) is 9.70. The number of hydrogen-bond acceptors (Lipinski definition) is 3. The van der Waals surface area contributed by atoms with Gasteiger partial charge < -0.3 is 14.8 Å². The predicted octanol–water partition coefficient (Wildman–Crippen LogP) is 3.61.